The number of ether oxygens (including phenoxy) is 1. The van der Waals surface area contributed by atoms with Crippen LogP contribution in [0.1, 0.15) is 31.4 Å². The second-order valence-electron chi connectivity index (χ2n) is 6.41. The molecule has 1 atom stereocenters. The predicted octanol–water partition coefficient (Wildman–Crippen LogP) is 4.10. The van der Waals surface area contributed by atoms with Crippen LogP contribution in [-0.2, 0) is 11.3 Å². The van der Waals surface area contributed by atoms with E-state index in [-0.39, 0.29) is 24.2 Å². The molecule has 3 amide bonds. The maximum Gasteiger partial charge on any atom is 0.329 e. The fourth-order valence-electron chi connectivity index (χ4n) is 2.61. The molecule has 0 spiro atoms. The van der Waals surface area contributed by atoms with Gasteiger partial charge in [0.1, 0.15) is 17.3 Å². The van der Waals surface area contributed by atoms with Crippen LogP contribution >= 0.6 is 0 Å². The summed E-state index contributed by atoms with van der Waals surface area (Å²) in [5, 5.41) is 2.58. The molecule has 1 heterocycles. The van der Waals surface area contributed by atoms with Crippen LogP contribution in [0.25, 0.3) is 6.08 Å². The minimum Gasteiger partial charge on any atom is -0.491 e. The summed E-state index contributed by atoms with van der Waals surface area (Å²) in [7, 11) is 0. The monoisotopic (exact) mass is 368 g/mol. The lowest BCUT2D eigenvalue weighted by Crippen LogP contribution is -2.30. The van der Waals surface area contributed by atoms with E-state index in [9.17, 15) is 14.0 Å². The van der Waals surface area contributed by atoms with E-state index in [1.54, 1.807) is 18.2 Å². The van der Waals surface area contributed by atoms with Crippen LogP contribution in [-0.4, -0.2) is 22.9 Å². The number of carbonyl (C=O) groups is 2. The number of nitrogens with zero attached hydrogens (tertiary/aromatic N) is 1. The first-order valence-electron chi connectivity index (χ1n) is 8.82. The molecule has 1 aliphatic heterocycles. The third-order valence-corrected chi connectivity index (χ3v) is 4.32. The van der Waals surface area contributed by atoms with Gasteiger partial charge in [-0.05, 0) is 54.8 Å². The largest absolute Gasteiger partial charge is 0.491 e. The molecular weight excluding hydrogens is 347 g/mol. The molecule has 1 N–H and O–H groups in total. The summed E-state index contributed by atoms with van der Waals surface area (Å²) in [4.78, 5) is 25.7. The van der Waals surface area contributed by atoms with Gasteiger partial charge in [0.25, 0.3) is 5.91 Å². The SMILES string of the molecule is CCC(C)Oc1ccc(C=C2NC(=O)N(Cc3ccc(F)cc3)C2=O)cc1. The van der Waals surface area contributed by atoms with Gasteiger partial charge in [-0.25, -0.2) is 9.18 Å². The van der Waals surface area contributed by atoms with Crippen LogP contribution in [0.15, 0.2) is 54.2 Å². The lowest BCUT2D eigenvalue weighted by molar-refractivity contribution is -0.123. The zero-order chi connectivity index (χ0) is 19.4. The van der Waals surface area contributed by atoms with Crippen molar-refractivity contribution in [2.45, 2.75) is 32.9 Å². The Labute approximate surface area is 157 Å². The molecule has 1 saturated heterocycles. The third kappa shape index (κ3) is 4.53. The first-order valence-corrected chi connectivity index (χ1v) is 8.82. The molecule has 2 aromatic carbocycles. The van der Waals surface area contributed by atoms with E-state index in [0.717, 1.165) is 22.6 Å². The summed E-state index contributed by atoms with van der Waals surface area (Å²) in [6.07, 6.45) is 2.67. The lowest BCUT2D eigenvalue weighted by atomic mass is 10.1. The highest BCUT2D eigenvalue weighted by molar-refractivity contribution is 6.13. The van der Waals surface area contributed by atoms with Crippen molar-refractivity contribution < 1.29 is 18.7 Å². The molecule has 6 heteroatoms. The summed E-state index contributed by atoms with van der Waals surface area (Å²) in [6.45, 7) is 4.14. The molecule has 5 nitrogen and oxygen atoms in total. The van der Waals surface area contributed by atoms with Gasteiger partial charge in [-0.2, -0.15) is 0 Å². The highest BCUT2D eigenvalue weighted by Gasteiger charge is 2.33. The molecule has 0 radical (unpaired) electrons. The summed E-state index contributed by atoms with van der Waals surface area (Å²) in [5.41, 5.74) is 1.66. The normalized spacial score (nSPS) is 16.6. The zero-order valence-electron chi connectivity index (χ0n) is 15.2. The number of urea groups is 1. The topological polar surface area (TPSA) is 58.6 Å². The second kappa shape index (κ2) is 8.03. The average molecular weight is 368 g/mol. The highest BCUT2D eigenvalue weighted by Crippen LogP contribution is 2.20. The number of rotatable bonds is 6. The standard InChI is InChI=1S/C21H21FN2O3/c1-3-14(2)27-18-10-6-15(7-11-18)12-19-20(25)24(21(26)23-19)13-16-4-8-17(22)9-5-16/h4-12,14H,3,13H2,1-2H3,(H,23,26). The highest BCUT2D eigenvalue weighted by atomic mass is 19.1. The van der Waals surface area contributed by atoms with Crippen molar-refractivity contribution >= 4 is 18.0 Å². The number of benzene rings is 2. The Balaban J connectivity index is 1.71. The van der Waals surface area contributed by atoms with Crippen LogP contribution in [0.5, 0.6) is 5.75 Å². The zero-order valence-corrected chi connectivity index (χ0v) is 15.2. The molecule has 1 unspecified atom stereocenters. The Kier molecular flexibility index (Phi) is 5.54. The fraction of sp³-hybridized carbons (Fsp3) is 0.238. The van der Waals surface area contributed by atoms with Gasteiger partial charge in [0.05, 0.1) is 12.6 Å². The molecular formula is C21H21FN2O3. The summed E-state index contributed by atoms with van der Waals surface area (Å²) < 4.78 is 18.7. The third-order valence-electron chi connectivity index (χ3n) is 4.32. The fourth-order valence-corrected chi connectivity index (χ4v) is 2.61. The Morgan fingerprint density at radius 3 is 2.41 bits per heavy atom. The molecule has 3 rings (SSSR count). The smallest absolute Gasteiger partial charge is 0.329 e. The van der Waals surface area contributed by atoms with Crippen molar-refractivity contribution in [1.29, 1.82) is 0 Å². The van der Waals surface area contributed by atoms with Crippen LogP contribution in [0.4, 0.5) is 9.18 Å². The van der Waals surface area contributed by atoms with E-state index in [0.29, 0.717) is 5.56 Å². The van der Waals surface area contributed by atoms with Crippen LogP contribution in [0.3, 0.4) is 0 Å². The Bertz CT molecular complexity index is 860. The molecule has 1 aliphatic rings. The maximum absolute atomic E-state index is 13.0. The molecule has 0 saturated carbocycles. The summed E-state index contributed by atoms with van der Waals surface area (Å²) in [5.74, 6) is -0.0206. The Morgan fingerprint density at radius 1 is 1.11 bits per heavy atom. The van der Waals surface area contributed by atoms with Crippen LogP contribution < -0.4 is 10.1 Å². The predicted molar refractivity (Wildman–Crippen MR) is 100 cm³/mol. The van der Waals surface area contributed by atoms with E-state index in [1.807, 2.05) is 31.2 Å². The Morgan fingerprint density at radius 2 is 1.78 bits per heavy atom. The van der Waals surface area contributed by atoms with Gasteiger partial charge in [0.2, 0.25) is 0 Å². The number of carbonyl (C=O) groups excluding carboxylic acids is 2. The van der Waals surface area contributed by atoms with Gasteiger partial charge in [0.15, 0.2) is 0 Å². The molecule has 0 aliphatic carbocycles. The molecule has 2 aromatic rings. The van der Waals surface area contributed by atoms with Gasteiger partial charge in [-0.1, -0.05) is 31.2 Å². The van der Waals surface area contributed by atoms with Crippen molar-refractivity contribution in [2.75, 3.05) is 0 Å². The number of amides is 3. The second-order valence-corrected chi connectivity index (χ2v) is 6.41. The first kappa shape index (κ1) is 18.6. The van der Waals surface area contributed by atoms with Gasteiger partial charge < -0.3 is 10.1 Å². The van der Waals surface area contributed by atoms with Crippen LogP contribution in [0, 0.1) is 5.82 Å². The van der Waals surface area contributed by atoms with E-state index in [2.05, 4.69) is 12.2 Å². The Hall–Kier alpha value is -3.15. The quantitative estimate of drug-likeness (QED) is 0.617. The minimum absolute atomic E-state index is 0.0873. The first-order chi connectivity index (χ1) is 13.0. The summed E-state index contributed by atoms with van der Waals surface area (Å²) >= 11 is 0. The number of hydrogen-bond donors (Lipinski definition) is 1. The number of imide groups is 1. The van der Waals surface area contributed by atoms with Gasteiger partial charge in [0, 0.05) is 0 Å². The van der Waals surface area contributed by atoms with Crippen molar-refractivity contribution in [1.82, 2.24) is 10.2 Å². The van der Waals surface area contributed by atoms with E-state index in [4.69, 9.17) is 4.74 Å². The van der Waals surface area contributed by atoms with Gasteiger partial charge in [-0.3, -0.25) is 9.69 Å². The average Bonchev–Trinajstić information content (AvgIpc) is 2.92. The minimum atomic E-state index is -0.493. The molecule has 27 heavy (non-hydrogen) atoms. The molecule has 140 valence electrons. The lowest BCUT2D eigenvalue weighted by Gasteiger charge is -2.12. The van der Waals surface area contributed by atoms with E-state index >= 15 is 0 Å². The molecule has 0 aromatic heterocycles. The van der Waals surface area contributed by atoms with Gasteiger partial charge >= 0.3 is 6.03 Å². The van der Waals surface area contributed by atoms with Crippen molar-refractivity contribution in [3.63, 3.8) is 0 Å². The van der Waals surface area contributed by atoms with Crippen molar-refractivity contribution in [3.05, 3.63) is 71.2 Å². The van der Waals surface area contributed by atoms with Crippen molar-refractivity contribution in [3.8, 4) is 5.75 Å². The number of nitrogens with one attached hydrogen (secondary N) is 1. The maximum atomic E-state index is 13.0. The number of halogens is 1. The van der Waals surface area contributed by atoms with E-state index in [1.165, 1.54) is 12.1 Å². The van der Waals surface area contributed by atoms with Crippen LogP contribution in [0.2, 0.25) is 0 Å². The van der Waals surface area contributed by atoms with E-state index < -0.39 is 11.9 Å². The number of hydrogen-bond acceptors (Lipinski definition) is 3. The molecule has 1 fully saturated rings. The molecule has 0 bridgehead atoms. The van der Waals surface area contributed by atoms with Crippen molar-refractivity contribution in [2.24, 2.45) is 0 Å². The van der Waals surface area contributed by atoms with Gasteiger partial charge in [-0.15, -0.1) is 0 Å². The summed E-state index contributed by atoms with van der Waals surface area (Å²) in [6, 6.07) is 12.5.